The molecule has 5 heteroatoms. The van der Waals surface area contributed by atoms with Crippen LogP contribution in [0.25, 0.3) is 0 Å². The summed E-state index contributed by atoms with van der Waals surface area (Å²) in [5.74, 6) is -0.316. The highest BCUT2D eigenvalue weighted by Crippen LogP contribution is 2.14. The molecule has 0 atom stereocenters. The van der Waals surface area contributed by atoms with E-state index in [0.717, 1.165) is 5.69 Å². The summed E-state index contributed by atoms with van der Waals surface area (Å²) in [6, 6.07) is 8.82. The van der Waals surface area contributed by atoms with Gasteiger partial charge in [0.1, 0.15) is 0 Å². The van der Waals surface area contributed by atoms with Crippen LogP contribution in [0.15, 0.2) is 30.3 Å². The Bertz CT molecular complexity index is 687. The van der Waals surface area contributed by atoms with E-state index in [1.54, 1.807) is 35.0 Å². The summed E-state index contributed by atoms with van der Waals surface area (Å²) < 4.78 is 1.81. The highest BCUT2D eigenvalue weighted by molar-refractivity contribution is 6.04. The fourth-order valence-electron chi connectivity index (χ4n) is 2.13. The maximum absolute atomic E-state index is 12.2. The van der Waals surface area contributed by atoms with Gasteiger partial charge in [-0.05, 0) is 45.9 Å². The number of amides is 1. The molecule has 1 N–H and O–H groups in total. The maximum atomic E-state index is 12.2. The van der Waals surface area contributed by atoms with Gasteiger partial charge in [0, 0.05) is 23.0 Å². The zero-order valence-corrected chi connectivity index (χ0v) is 12.7. The topological polar surface area (TPSA) is 64.0 Å². The van der Waals surface area contributed by atoms with E-state index < -0.39 is 0 Å². The molecule has 0 spiro atoms. The molecule has 0 radical (unpaired) electrons. The molecule has 21 heavy (non-hydrogen) atoms. The molecule has 0 saturated carbocycles. The van der Waals surface area contributed by atoms with Crippen molar-refractivity contribution in [2.75, 3.05) is 5.32 Å². The van der Waals surface area contributed by atoms with Gasteiger partial charge in [-0.3, -0.25) is 14.3 Å². The number of Topliss-reactive ketones (excluding diaryl/α,β-unsaturated/α-hetero) is 1. The predicted octanol–water partition coefficient (Wildman–Crippen LogP) is 3.23. The molecule has 0 bridgehead atoms. The Kier molecular flexibility index (Phi) is 4.21. The first-order valence-electron chi connectivity index (χ1n) is 6.87. The number of hydrogen-bond acceptors (Lipinski definition) is 3. The van der Waals surface area contributed by atoms with Gasteiger partial charge in [-0.2, -0.15) is 5.10 Å². The molecular weight excluding hydrogens is 266 g/mol. The van der Waals surface area contributed by atoms with Crippen molar-refractivity contribution in [2.45, 2.75) is 33.7 Å². The van der Waals surface area contributed by atoms with Gasteiger partial charge < -0.3 is 5.32 Å². The number of nitrogens with zero attached hydrogens (tertiary/aromatic N) is 2. The summed E-state index contributed by atoms with van der Waals surface area (Å²) in [5, 5.41) is 7.07. The number of ketones is 1. The van der Waals surface area contributed by atoms with E-state index in [-0.39, 0.29) is 17.7 Å². The molecule has 1 heterocycles. The number of carbonyl (C=O) groups excluding carboxylic acids is 2. The first-order chi connectivity index (χ1) is 9.88. The van der Waals surface area contributed by atoms with Crippen LogP contribution in [0, 0.1) is 6.92 Å². The molecule has 5 nitrogen and oxygen atoms in total. The lowest BCUT2D eigenvalue weighted by Gasteiger charge is -2.07. The Hall–Kier alpha value is -2.43. The normalized spacial score (nSPS) is 10.7. The van der Waals surface area contributed by atoms with Gasteiger partial charge in [-0.25, -0.2) is 0 Å². The van der Waals surface area contributed by atoms with E-state index in [4.69, 9.17) is 0 Å². The Balaban J connectivity index is 2.20. The van der Waals surface area contributed by atoms with Crippen LogP contribution in [0.4, 0.5) is 5.69 Å². The molecule has 0 unspecified atom stereocenters. The average molecular weight is 285 g/mol. The van der Waals surface area contributed by atoms with Crippen molar-refractivity contribution in [3.8, 4) is 0 Å². The van der Waals surface area contributed by atoms with Crippen molar-refractivity contribution >= 4 is 17.4 Å². The molecule has 2 aromatic rings. The molecule has 110 valence electrons. The van der Waals surface area contributed by atoms with Gasteiger partial charge in [0.25, 0.3) is 5.91 Å². The number of nitrogens with one attached hydrogen (secondary N) is 1. The summed E-state index contributed by atoms with van der Waals surface area (Å²) in [6.07, 6.45) is 0. The molecular formula is C16H19N3O2. The van der Waals surface area contributed by atoms with Gasteiger partial charge >= 0.3 is 0 Å². The molecule has 0 aliphatic rings. The number of anilines is 1. The van der Waals surface area contributed by atoms with Crippen molar-refractivity contribution in [1.82, 2.24) is 9.78 Å². The monoisotopic (exact) mass is 285 g/mol. The molecule has 1 aromatic carbocycles. The third-order valence-electron chi connectivity index (χ3n) is 3.17. The summed E-state index contributed by atoms with van der Waals surface area (Å²) in [4.78, 5) is 23.6. The van der Waals surface area contributed by atoms with E-state index >= 15 is 0 Å². The van der Waals surface area contributed by atoms with Crippen LogP contribution in [0.2, 0.25) is 0 Å². The Morgan fingerprint density at radius 2 is 1.95 bits per heavy atom. The lowest BCUT2D eigenvalue weighted by Crippen LogP contribution is -2.14. The third-order valence-corrected chi connectivity index (χ3v) is 3.17. The zero-order valence-electron chi connectivity index (χ0n) is 12.7. The lowest BCUT2D eigenvalue weighted by molar-refractivity contribution is 0.100. The predicted molar refractivity (Wildman–Crippen MR) is 81.7 cm³/mol. The number of rotatable bonds is 4. The van der Waals surface area contributed by atoms with Crippen LogP contribution in [0.3, 0.4) is 0 Å². The highest BCUT2D eigenvalue weighted by atomic mass is 16.2. The van der Waals surface area contributed by atoms with Crippen LogP contribution in [-0.4, -0.2) is 21.5 Å². The molecule has 0 aliphatic heterocycles. The molecule has 1 amide bonds. The van der Waals surface area contributed by atoms with Crippen LogP contribution in [0.1, 0.15) is 53.4 Å². The molecule has 0 fully saturated rings. The van der Waals surface area contributed by atoms with Crippen LogP contribution in [0.5, 0.6) is 0 Å². The van der Waals surface area contributed by atoms with Crippen molar-refractivity contribution in [3.63, 3.8) is 0 Å². The van der Waals surface area contributed by atoms with Gasteiger partial charge in [0.05, 0.1) is 0 Å². The summed E-state index contributed by atoms with van der Waals surface area (Å²) >= 11 is 0. The van der Waals surface area contributed by atoms with Crippen LogP contribution in [-0.2, 0) is 0 Å². The fraction of sp³-hybridized carbons (Fsp3) is 0.312. The Morgan fingerprint density at radius 1 is 1.24 bits per heavy atom. The number of carbonyl (C=O) groups is 2. The van der Waals surface area contributed by atoms with Crippen molar-refractivity contribution in [1.29, 1.82) is 0 Å². The molecule has 0 aliphatic carbocycles. The van der Waals surface area contributed by atoms with Crippen molar-refractivity contribution in [3.05, 3.63) is 47.3 Å². The largest absolute Gasteiger partial charge is 0.321 e. The van der Waals surface area contributed by atoms with Crippen LogP contribution < -0.4 is 5.32 Å². The number of aryl methyl sites for hydroxylation is 1. The minimum Gasteiger partial charge on any atom is -0.321 e. The maximum Gasteiger partial charge on any atom is 0.276 e. The lowest BCUT2D eigenvalue weighted by atomic mass is 10.1. The van der Waals surface area contributed by atoms with E-state index in [1.807, 2.05) is 20.8 Å². The number of hydrogen-bond donors (Lipinski definition) is 1. The summed E-state index contributed by atoms with van der Waals surface area (Å²) in [7, 11) is 0. The van der Waals surface area contributed by atoms with Gasteiger partial charge in [0.15, 0.2) is 11.5 Å². The number of benzene rings is 1. The van der Waals surface area contributed by atoms with E-state index in [9.17, 15) is 9.59 Å². The third kappa shape index (κ3) is 3.37. The molecule has 2 rings (SSSR count). The van der Waals surface area contributed by atoms with Gasteiger partial charge in [0.2, 0.25) is 0 Å². The standard InChI is InChI=1S/C16H19N3O2/c1-10(2)19-11(3)8-15(18-19)16(21)17-14-7-5-6-13(9-14)12(4)20/h5-10H,1-4H3,(H,17,21). The second-order valence-electron chi connectivity index (χ2n) is 5.30. The first kappa shape index (κ1) is 15.0. The smallest absolute Gasteiger partial charge is 0.276 e. The van der Waals surface area contributed by atoms with E-state index in [0.29, 0.717) is 16.9 Å². The van der Waals surface area contributed by atoms with Crippen molar-refractivity contribution < 1.29 is 9.59 Å². The van der Waals surface area contributed by atoms with Crippen molar-refractivity contribution in [2.24, 2.45) is 0 Å². The molecule has 1 aromatic heterocycles. The summed E-state index contributed by atoms with van der Waals surface area (Å²) in [6.45, 7) is 7.44. The Labute approximate surface area is 124 Å². The fourth-order valence-corrected chi connectivity index (χ4v) is 2.13. The van der Waals surface area contributed by atoms with Gasteiger partial charge in [-0.1, -0.05) is 12.1 Å². The summed E-state index contributed by atoms with van der Waals surface area (Å²) in [5.41, 5.74) is 2.46. The second kappa shape index (κ2) is 5.91. The van der Waals surface area contributed by atoms with Crippen LogP contribution >= 0.6 is 0 Å². The Morgan fingerprint density at radius 3 is 2.52 bits per heavy atom. The minimum absolute atomic E-state index is 0.0361. The first-order valence-corrected chi connectivity index (χ1v) is 6.87. The minimum atomic E-state index is -0.279. The van der Waals surface area contributed by atoms with E-state index in [2.05, 4.69) is 10.4 Å². The average Bonchev–Trinajstić information content (AvgIpc) is 2.81. The van der Waals surface area contributed by atoms with Gasteiger partial charge in [-0.15, -0.1) is 0 Å². The zero-order chi connectivity index (χ0) is 15.6. The highest BCUT2D eigenvalue weighted by Gasteiger charge is 2.14. The van der Waals surface area contributed by atoms with E-state index in [1.165, 1.54) is 6.92 Å². The molecule has 0 saturated heterocycles. The second-order valence-corrected chi connectivity index (χ2v) is 5.30. The number of aromatic nitrogens is 2. The quantitative estimate of drug-likeness (QED) is 0.877. The SMILES string of the molecule is CC(=O)c1cccc(NC(=O)c2cc(C)n(C(C)C)n2)c1.